The zero-order valence-electron chi connectivity index (χ0n) is 15.4. The summed E-state index contributed by atoms with van der Waals surface area (Å²) in [5.41, 5.74) is -1.59. The van der Waals surface area contributed by atoms with Crippen LogP contribution in [0.4, 0.5) is 0 Å². The third kappa shape index (κ3) is 3.96. The van der Waals surface area contributed by atoms with Crippen molar-refractivity contribution in [3.63, 3.8) is 0 Å². The van der Waals surface area contributed by atoms with E-state index in [1.807, 2.05) is 0 Å². The largest absolute Gasteiger partial charge is 0.415 e. The standard InChI is InChI=1S/C17H29NO5Si/c1-11(19)18-12(10-22-24(5,6)16(2,3)4)9-17(21)14(20)8-7-13-15(17)23-13/h7-8,12-13,15,21H,9-10H2,1-6H3,(H,18,19)/t12-,13-,15-,17+/m0/s1. The topological polar surface area (TPSA) is 88.2 Å². The number of aliphatic hydroxyl groups is 1. The van der Waals surface area contributed by atoms with E-state index >= 15 is 0 Å². The number of hydrogen-bond donors (Lipinski definition) is 2. The summed E-state index contributed by atoms with van der Waals surface area (Å²) >= 11 is 0. The normalized spacial score (nSPS) is 30.7. The average molecular weight is 356 g/mol. The third-order valence-electron chi connectivity index (χ3n) is 5.28. The zero-order valence-corrected chi connectivity index (χ0v) is 16.4. The number of nitrogens with one attached hydrogen (secondary N) is 1. The Morgan fingerprint density at radius 2 is 2.12 bits per heavy atom. The molecule has 2 aliphatic rings. The Kier molecular flexibility index (Phi) is 5.12. The molecule has 136 valence electrons. The van der Waals surface area contributed by atoms with Crippen molar-refractivity contribution in [3.05, 3.63) is 12.2 Å². The van der Waals surface area contributed by atoms with Crippen LogP contribution in [0, 0.1) is 0 Å². The lowest BCUT2D eigenvalue weighted by molar-refractivity contribution is -0.137. The molecule has 7 heteroatoms. The van der Waals surface area contributed by atoms with Gasteiger partial charge in [-0.05, 0) is 30.3 Å². The molecule has 1 aliphatic carbocycles. The van der Waals surface area contributed by atoms with E-state index in [-0.39, 0.29) is 35.9 Å². The smallest absolute Gasteiger partial charge is 0.217 e. The van der Waals surface area contributed by atoms with Gasteiger partial charge in [-0.1, -0.05) is 20.8 Å². The van der Waals surface area contributed by atoms with Gasteiger partial charge in [-0.15, -0.1) is 0 Å². The van der Waals surface area contributed by atoms with Gasteiger partial charge in [0.2, 0.25) is 5.91 Å². The second-order valence-electron chi connectivity index (χ2n) is 8.34. The molecule has 0 aromatic carbocycles. The van der Waals surface area contributed by atoms with Crippen molar-refractivity contribution < 1.29 is 23.9 Å². The Hall–Kier alpha value is -1.02. The second-order valence-corrected chi connectivity index (χ2v) is 13.2. The van der Waals surface area contributed by atoms with Crippen LogP contribution in [-0.2, 0) is 18.8 Å². The Labute approximate surface area is 144 Å². The van der Waals surface area contributed by atoms with E-state index in [0.29, 0.717) is 0 Å². The number of fused-ring (bicyclic) bond motifs is 1. The van der Waals surface area contributed by atoms with E-state index in [0.717, 1.165) is 0 Å². The summed E-state index contributed by atoms with van der Waals surface area (Å²) in [5, 5.41) is 13.6. The zero-order chi connectivity index (χ0) is 18.3. The van der Waals surface area contributed by atoms with Crippen LogP contribution in [0.2, 0.25) is 18.1 Å². The SMILES string of the molecule is CC(=O)N[C@H](CO[Si](C)(C)C(C)(C)C)C[C@@]1(O)C(=O)C=C[C@@H]2O[C@@H]21. The number of hydrogen-bond acceptors (Lipinski definition) is 5. The maximum atomic E-state index is 12.2. The predicted octanol–water partition coefficient (Wildman–Crippen LogP) is 1.54. The average Bonchev–Trinajstić information content (AvgIpc) is 3.20. The Morgan fingerprint density at radius 1 is 1.50 bits per heavy atom. The van der Waals surface area contributed by atoms with Crippen molar-refractivity contribution >= 4 is 20.0 Å². The molecular weight excluding hydrogens is 326 g/mol. The number of ketones is 1. The Bertz CT molecular complexity index is 554. The van der Waals surface area contributed by atoms with Crippen LogP contribution < -0.4 is 5.32 Å². The second kappa shape index (κ2) is 6.37. The van der Waals surface area contributed by atoms with Gasteiger partial charge in [-0.25, -0.2) is 0 Å². The molecule has 2 N–H and O–H groups in total. The number of epoxide rings is 1. The van der Waals surface area contributed by atoms with Gasteiger partial charge in [0.15, 0.2) is 19.7 Å². The molecule has 0 radical (unpaired) electrons. The molecule has 24 heavy (non-hydrogen) atoms. The molecule has 4 atom stereocenters. The lowest BCUT2D eigenvalue weighted by Gasteiger charge is -2.38. The molecule has 6 nitrogen and oxygen atoms in total. The minimum Gasteiger partial charge on any atom is -0.415 e. The molecule has 1 aliphatic heterocycles. The van der Waals surface area contributed by atoms with E-state index in [1.165, 1.54) is 13.0 Å². The van der Waals surface area contributed by atoms with E-state index in [2.05, 4.69) is 39.2 Å². The van der Waals surface area contributed by atoms with Gasteiger partial charge in [0.1, 0.15) is 12.2 Å². The van der Waals surface area contributed by atoms with Crippen molar-refractivity contribution in [2.75, 3.05) is 6.61 Å². The number of rotatable bonds is 6. The van der Waals surface area contributed by atoms with Crippen LogP contribution in [-0.4, -0.2) is 55.6 Å². The van der Waals surface area contributed by atoms with Gasteiger partial charge in [0.05, 0.1) is 12.6 Å². The molecule has 0 bridgehead atoms. The van der Waals surface area contributed by atoms with Crippen LogP contribution in [0.15, 0.2) is 12.2 Å². The van der Waals surface area contributed by atoms with Crippen molar-refractivity contribution in [3.8, 4) is 0 Å². The predicted molar refractivity (Wildman–Crippen MR) is 93.1 cm³/mol. The van der Waals surface area contributed by atoms with Crippen LogP contribution in [0.3, 0.4) is 0 Å². The number of carbonyl (C=O) groups excluding carboxylic acids is 2. The maximum absolute atomic E-state index is 12.2. The van der Waals surface area contributed by atoms with E-state index in [9.17, 15) is 14.7 Å². The fraction of sp³-hybridized carbons (Fsp3) is 0.765. The summed E-state index contributed by atoms with van der Waals surface area (Å²) in [6, 6.07) is -0.443. The highest BCUT2D eigenvalue weighted by Gasteiger charge is 2.59. The Morgan fingerprint density at radius 3 is 2.67 bits per heavy atom. The van der Waals surface area contributed by atoms with Gasteiger partial charge in [0, 0.05) is 13.3 Å². The lowest BCUT2D eigenvalue weighted by Crippen LogP contribution is -2.53. The summed E-state index contributed by atoms with van der Waals surface area (Å²) < 4.78 is 11.5. The first-order valence-electron chi connectivity index (χ1n) is 8.38. The minimum atomic E-state index is -2.00. The molecule has 1 saturated heterocycles. The van der Waals surface area contributed by atoms with Crippen LogP contribution in [0.1, 0.15) is 34.1 Å². The molecule has 1 amide bonds. The van der Waals surface area contributed by atoms with Crippen molar-refractivity contribution in [2.45, 2.75) is 76.1 Å². The van der Waals surface area contributed by atoms with Gasteiger partial charge >= 0.3 is 0 Å². The molecular formula is C17H29NO5Si. The first-order valence-corrected chi connectivity index (χ1v) is 11.3. The van der Waals surface area contributed by atoms with Crippen molar-refractivity contribution in [1.29, 1.82) is 0 Å². The molecule has 0 aromatic rings. The molecule has 0 spiro atoms. The fourth-order valence-electron chi connectivity index (χ4n) is 2.68. The first kappa shape index (κ1) is 19.3. The molecule has 0 unspecified atom stereocenters. The highest BCUT2D eigenvalue weighted by Crippen LogP contribution is 2.41. The highest BCUT2D eigenvalue weighted by molar-refractivity contribution is 6.74. The van der Waals surface area contributed by atoms with E-state index < -0.39 is 26.1 Å². The number of carbonyl (C=O) groups is 2. The van der Waals surface area contributed by atoms with Gasteiger partial charge in [0.25, 0.3) is 0 Å². The van der Waals surface area contributed by atoms with E-state index in [1.54, 1.807) is 6.08 Å². The van der Waals surface area contributed by atoms with Crippen LogP contribution in [0.25, 0.3) is 0 Å². The number of amides is 1. The summed E-state index contributed by atoms with van der Waals surface area (Å²) in [7, 11) is -2.00. The lowest BCUT2D eigenvalue weighted by atomic mass is 9.82. The highest BCUT2D eigenvalue weighted by atomic mass is 28.4. The fourth-order valence-corrected chi connectivity index (χ4v) is 3.73. The molecule has 1 fully saturated rings. The third-order valence-corrected chi connectivity index (χ3v) is 9.78. The number of ether oxygens (including phenoxy) is 1. The van der Waals surface area contributed by atoms with Crippen molar-refractivity contribution in [1.82, 2.24) is 5.32 Å². The molecule has 1 heterocycles. The molecule has 2 rings (SSSR count). The maximum Gasteiger partial charge on any atom is 0.217 e. The summed E-state index contributed by atoms with van der Waals surface area (Å²) in [5.74, 6) is -0.585. The van der Waals surface area contributed by atoms with Crippen LogP contribution >= 0.6 is 0 Å². The van der Waals surface area contributed by atoms with Crippen LogP contribution in [0.5, 0.6) is 0 Å². The molecule has 0 saturated carbocycles. The van der Waals surface area contributed by atoms with Gasteiger partial charge in [-0.3, -0.25) is 9.59 Å². The minimum absolute atomic E-state index is 0.0404. The monoisotopic (exact) mass is 355 g/mol. The first-order chi connectivity index (χ1) is 10.9. The molecule has 0 aromatic heterocycles. The summed E-state index contributed by atoms with van der Waals surface area (Å²) in [6.07, 6.45) is 2.41. The Balaban J connectivity index is 2.08. The van der Waals surface area contributed by atoms with Gasteiger partial charge < -0.3 is 19.6 Å². The summed E-state index contributed by atoms with van der Waals surface area (Å²) in [6.45, 7) is 12.4. The van der Waals surface area contributed by atoms with Gasteiger partial charge in [-0.2, -0.15) is 0 Å². The quantitative estimate of drug-likeness (QED) is 0.557. The van der Waals surface area contributed by atoms with E-state index in [4.69, 9.17) is 9.16 Å². The summed E-state index contributed by atoms with van der Waals surface area (Å²) in [4.78, 5) is 23.7. The van der Waals surface area contributed by atoms with Crippen molar-refractivity contribution in [2.24, 2.45) is 0 Å².